The van der Waals surface area contributed by atoms with E-state index in [2.05, 4.69) is 0 Å². The third kappa shape index (κ3) is 1170. The average molecular weight is 196 g/mol. The third-order valence-electron chi connectivity index (χ3n) is 0. The van der Waals surface area contributed by atoms with Gasteiger partial charge in [-0.3, -0.25) is 4.79 Å². The zero-order valence-electron chi connectivity index (χ0n) is 4.97. The molecule has 7 nitrogen and oxygen atoms in total. The molecule has 64 valence electrons. The molecule has 0 atom stereocenters. The zero-order chi connectivity index (χ0) is 8.08. The van der Waals surface area contributed by atoms with Gasteiger partial charge in [-0.2, -0.15) is 0 Å². The Morgan fingerprint density at radius 2 is 1.30 bits per heavy atom. The van der Waals surface area contributed by atoms with Crippen molar-refractivity contribution in [1.29, 1.82) is 0 Å². The molecule has 0 aliphatic heterocycles. The average Bonchev–Trinajstić information content (AvgIpc) is 1.19. The summed E-state index contributed by atoms with van der Waals surface area (Å²) in [4.78, 5) is 9.00. The van der Waals surface area contributed by atoms with E-state index in [1.807, 2.05) is 0 Å². The van der Waals surface area contributed by atoms with Gasteiger partial charge in [0.2, 0.25) is 0 Å². The molecule has 0 aromatic heterocycles. The van der Waals surface area contributed by atoms with E-state index in [-0.39, 0.29) is 5.48 Å². The van der Waals surface area contributed by atoms with Crippen molar-refractivity contribution in [2.24, 2.45) is 0 Å². The van der Waals surface area contributed by atoms with Crippen LogP contribution in [0.15, 0.2) is 0 Å². The first-order valence-electron chi connectivity index (χ1n) is 1.63. The van der Waals surface area contributed by atoms with Crippen LogP contribution in [0, 0.1) is 0 Å². The van der Waals surface area contributed by atoms with Crippen molar-refractivity contribution in [2.75, 3.05) is 0 Å². The number of aliphatic carboxylic acids is 1. The van der Waals surface area contributed by atoms with Crippen molar-refractivity contribution in [3.8, 4) is 0 Å². The zero-order valence-corrected chi connectivity index (χ0v) is 6.25. The van der Waals surface area contributed by atoms with Gasteiger partial charge >= 0.3 is 29.5 Å². The molecule has 0 aromatic carbocycles. The van der Waals surface area contributed by atoms with Gasteiger partial charge < -0.3 is 10.6 Å². The molecule has 0 rings (SSSR count). The number of hydrogen-bond donors (Lipinski definition) is 3. The van der Waals surface area contributed by atoms with Gasteiger partial charge in [-0.1, -0.05) is 0 Å². The van der Waals surface area contributed by atoms with Crippen molar-refractivity contribution in [3.63, 3.8) is 0 Å². The van der Waals surface area contributed by atoms with Crippen LogP contribution in [0.2, 0.25) is 0 Å². The molecule has 8 heteroatoms. The molecule has 0 heterocycles. The fourth-order valence-corrected chi connectivity index (χ4v) is 0. The van der Waals surface area contributed by atoms with Gasteiger partial charge in [-0.15, -0.1) is 0 Å². The summed E-state index contributed by atoms with van der Waals surface area (Å²) in [6, 6.07) is 0. The van der Waals surface area contributed by atoms with Gasteiger partial charge in [0.15, 0.2) is 0 Å². The Bertz CT molecular complexity index is 154. The first-order chi connectivity index (χ1) is 3.73. The van der Waals surface area contributed by atoms with E-state index < -0.39 is 19.6 Å². The molecule has 5 N–H and O–H groups in total. The maximum absolute atomic E-state index is 9.00. The Kier molecular flexibility index (Phi) is 10.7. The van der Waals surface area contributed by atoms with Gasteiger partial charge in [0.05, 0.1) is 0 Å². The molecular weight excluding hydrogens is 188 g/mol. The minimum absolute atomic E-state index is 0. The molecule has 0 aromatic rings. The Balaban J connectivity index is -0.0000000910. The van der Waals surface area contributed by atoms with Crippen LogP contribution in [0.25, 0.3) is 0 Å². The predicted molar refractivity (Wildman–Crippen MR) is 22.7 cm³/mol. The predicted octanol–water partition coefficient (Wildman–Crippen LogP) is -2.09. The maximum atomic E-state index is 9.00. The van der Waals surface area contributed by atoms with Gasteiger partial charge in [0, 0.05) is 6.92 Å². The van der Waals surface area contributed by atoms with Crippen LogP contribution in [0.4, 0.5) is 0 Å². The van der Waals surface area contributed by atoms with Gasteiger partial charge in [0.1, 0.15) is 0 Å². The van der Waals surface area contributed by atoms with Crippen LogP contribution in [0.5, 0.6) is 0 Å². The second kappa shape index (κ2) is 6.60. The van der Waals surface area contributed by atoms with Crippen molar-refractivity contribution in [2.45, 2.75) is 6.92 Å². The van der Waals surface area contributed by atoms with E-state index in [1.165, 1.54) is 0 Å². The molecule has 0 radical (unpaired) electrons. The molecule has 0 spiro atoms. The van der Waals surface area contributed by atoms with E-state index >= 15 is 0 Å². The number of carboxylic acid groups (broad SMARTS) is 1. The van der Waals surface area contributed by atoms with Crippen LogP contribution in [-0.2, 0) is 26.0 Å². The molecule has 0 unspecified atom stereocenters. The quantitative estimate of drug-likeness (QED) is 0.405. The van der Waals surface area contributed by atoms with Crippen molar-refractivity contribution < 1.29 is 44.9 Å². The van der Waals surface area contributed by atoms with E-state index in [4.69, 9.17) is 25.8 Å². The molecule has 10 heavy (non-hydrogen) atoms. The summed E-state index contributed by atoms with van der Waals surface area (Å²) >= 11 is -5.25. The second-order valence-corrected chi connectivity index (χ2v) is 2.37. The Morgan fingerprint density at radius 1 is 1.30 bits per heavy atom. The fourth-order valence-electron chi connectivity index (χ4n) is 0. The number of carbonyl (C=O) groups is 1. The monoisotopic (exact) mass is 196 g/mol. The molecule has 0 fully saturated rings. The molecular formula is C2H8CrO7. The second-order valence-electron chi connectivity index (χ2n) is 0.967. The van der Waals surface area contributed by atoms with E-state index in [0.29, 0.717) is 0 Å². The van der Waals surface area contributed by atoms with E-state index in [1.54, 1.807) is 0 Å². The summed E-state index contributed by atoms with van der Waals surface area (Å²) in [6.45, 7) is 1.08. The standard InChI is InChI=1S/C2H4O2.Cr.3H2O.2O/c1-2(3)4;;;;;;/h1H3,(H,3,4);;3*1H2;;/q;+2;;;;;/p-2. The topological polar surface area (TPSA) is 143 Å². The molecule has 0 saturated carbocycles. The SMILES string of the molecule is CC(=O)O.O.[O]=[Cr](=[O])([OH])[OH]. The Hall–Kier alpha value is -0.518. The number of rotatable bonds is 0. The minimum atomic E-state index is -5.25. The molecule has 0 bridgehead atoms. The first kappa shape index (κ1) is 16.2. The van der Waals surface area contributed by atoms with Crippen molar-refractivity contribution in [3.05, 3.63) is 0 Å². The Labute approximate surface area is 58.6 Å². The van der Waals surface area contributed by atoms with Crippen molar-refractivity contribution >= 4 is 5.97 Å². The fraction of sp³-hybridized carbons (Fsp3) is 0.500. The van der Waals surface area contributed by atoms with Crippen LogP contribution in [-0.4, -0.2) is 24.9 Å². The van der Waals surface area contributed by atoms with Crippen LogP contribution in [0.3, 0.4) is 0 Å². The van der Waals surface area contributed by atoms with Crippen LogP contribution >= 0.6 is 0 Å². The van der Waals surface area contributed by atoms with Crippen LogP contribution in [0.1, 0.15) is 6.92 Å². The van der Waals surface area contributed by atoms with Crippen molar-refractivity contribution in [1.82, 2.24) is 0 Å². The molecule has 0 aliphatic rings. The Morgan fingerprint density at radius 3 is 1.30 bits per heavy atom. The summed E-state index contributed by atoms with van der Waals surface area (Å²) < 4.78 is 31.9. The van der Waals surface area contributed by atoms with Gasteiger partial charge in [0.25, 0.3) is 5.97 Å². The summed E-state index contributed by atoms with van der Waals surface area (Å²) in [7, 11) is 0. The summed E-state index contributed by atoms with van der Waals surface area (Å²) in [6.07, 6.45) is 0. The summed E-state index contributed by atoms with van der Waals surface area (Å²) in [5.41, 5.74) is 0. The number of hydrogen-bond acceptors (Lipinski definition) is 3. The molecule has 0 aliphatic carbocycles. The normalized spacial score (nSPS) is 8.30. The van der Waals surface area contributed by atoms with E-state index in [9.17, 15) is 0 Å². The van der Waals surface area contributed by atoms with E-state index in [0.717, 1.165) is 6.92 Å². The number of carboxylic acids is 1. The first-order valence-corrected chi connectivity index (χ1v) is 3.81. The van der Waals surface area contributed by atoms with Gasteiger partial charge in [-0.05, 0) is 0 Å². The molecule has 0 saturated heterocycles. The van der Waals surface area contributed by atoms with Gasteiger partial charge in [-0.25, -0.2) is 0 Å². The molecule has 0 amide bonds. The third-order valence-corrected chi connectivity index (χ3v) is 0. The summed E-state index contributed by atoms with van der Waals surface area (Å²) in [5, 5.41) is 7.42. The summed E-state index contributed by atoms with van der Waals surface area (Å²) in [5.74, 6) is -0.833. The van der Waals surface area contributed by atoms with Crippen LogP contribution < -0.4 is 0 Å².